The summed E-state index contributed by atoms with van der Waals surface area (Å²) < 4.78 is 0. The molecule has 0 rings (SSSR count). The molecule has 0 unspecified atom stereocenters. The summed E-state index contributed by atoms with van der Waals surface area (Å²) >= 11 is 7.68. The van der Waals surface area contributed by atoms with Gasteiger partial charge in [0.2, 0.25) is 0 Å². The Morgan fingerprint density at radius 2 is 0.667 bits per heavy atom. The third kappa shape index (κ3) is 15.2. The van der Waals surface area contributed by atoms with Crippen molar-refractivity contribution < 1.29 is 5.48 Å². The maximum absolute atomic E-state index is 7.68. The molecule has 1 nitrogen and oxygen atoms in total. The second-order valence-electron chi connectivity index (χ2n) is 8.96. The van der Waals surface area contributed by atoms with E-state index in [1.807, 2.05) is 0 Å². The molecule has 0 aromatic rings. The van der Waals surface area contributed by atoms with Crippen LogP contribution in [0.25, 0.3) is 0 Å². The fourth-order valence-corrected chi connectivity index (χ4v) is 11.4. The van der Waals surface area contributed by atoms with Crippen LogP contribution in [0.4, 0.5) is 0 Å². The van der Waals surface area contributed by atoms with Gasteiger partial charge < -0.3 is 5.48 Å². The van der Waals surface area contributed by atoms with E-state index in [1.165, 1.54) is 127 Å². The Kier molecular flexibility index (Phi) is 20.7. The number of unbranched alkanes of at least 4 members (excludes halogenated alkanes) is 12. The number of hydrogen-bond donors (Lipinski definition) is 0. The van der Waals surface area contributed by atoms with Gasteiger partial charge >= 0.3 is 172 Å². The number of hydrogen-bond acceptors (Lipinski definition) is 0. The SMILES string of the molecule is CCCCCCCCCCCCP(Cl)(CCCC)(CCCC)CCCC.O. The van der Waals surface area contributed by atoms with E-state index in [1.54, 1.807) is 0 Å². The summed E-state index contributed by atoms with van der Waals surface area (Å²) in [6, 6.07) is 0. The standard InChI is InChI=1S/C24H52ClP.H2O/c1-5-9-13-14-15-16-17-18-19-20-24-26(25,21-10-6-2,22-11-7-3)23-12-8-4;/h5-24H2,1-4H3;1H2. The number of halogens is 1. The van der Waals surface area contributed by atoms with Gasteiger partial charge in [-0.1, -0.05) is 0 Å². The minimum absolute atomic E-state index is 0. The van der Waals surface area contributed by atoms with E-state index < -0.39 is 5.96 Å². The van der Waals surface area contributed by atoms with Gasteiger partial charge in [-0.15, -0.1) is 0 Å². The van der Waals surface area contributed by atoms with Crippen LogP contribution >= 0.6 is 17.2 Å². The molecule has 2 N–H and O–H groups in total. The molecule has 0 aliphatic heterocycles. The summed E-state index contributed by atoms with van der Waals surface area (Å²) in [7, 11) is 0. The van der Waals surface area contributed by atoms with E-state index in [2.05, 4.69) is 27.7 Å². The Balaban J connectivity index is 0. The van der Waals surface area contributed by atoms with E-state index >= 15 is 0 Å². The van der Waals surface area contributed by atoms with Gasteiger partial charge in [0.1, 0.15) is 0 Å². The minimum Gasteiger partial charge on any atom is -0.412 e. The van der Waals surface area contributed by atoms with Gasteiger partial charge in [0.25, 0.3) is 0 Å². The van der Waals surface area contributed by atoms with Gasteiger partial charge in [-0.05, 0) is 0 Å². The Hall–Kier alpha value is 0.680. The van der Waals surface area contributed by atoms with Gasteiger partial charge in [0, 0.05) is 0 Å². The largest absolute Gasteiger partial charge is 0.412 e. The molecule has 0 heterocycles. The molecule has 0 aliphatic carbocycles. The fourth-order valence-electron chi connectivity index (χ4n) is 4.33. The molecule has 0 amide bonds. The molecule has 0 saturated heterocycles. The van der Waals surface area contributed by atoms with Crippen molar-refractivity contribution in [3.05, 3.63) is 0 Å². The average molecular weight is 425 g/mol. The second-order valence-corrected chi connectivity index (χ2v) is 17.3. The molecular formula is C24H54ClOP. The van der Waals surface area contributed by atoms with Gasteiger partial charge in [0.15, 0.2) is 0 Å². The van der Waals surface area contributed by atoms with Crippen LogP contribution in [0.5, 0.6) is 0 Å². The molecule has 27 heavy (non-hydrogen) atoms. The van der Waals surface area contributed by atoms with E-state index in [4.69, 9.17) is 11.2 Å². The van der Waals surface area contributed by atoms with Crippen molar-refractivity contribution in [1.29, 1.82) is 0 Å². The first-order valence-electron chi connectivity index (χ1n) is 12.3. The maximum atomic E-state index is 7.68. The van der Waals surface area contributed by atoms with Crippen LogP contribution in [0.3, 0.4) is 0 Å². The quantitative estimate of drug-likeness (QED) is 0.138. The van der Waals surface area contributed by atoms with Crippen molar-refractivity contribution in [2.24, 2.45) is 0 Å². The monoisotopic (exact) mass is 424 g/mol. The minimum atomic E-state index is -1.96. The van der Waals surface area contributed by atoms with Gasteiger partial charge in [-0.2, -0.15) is 0 Å². The summed E-state index contributed by atoms with van der Waals surface area (Å²) in [5, 5.41) is 0. The van der Waals surface area contributed by atoms with Gasteiger partial charge in [0.05, 0.1) is 0 Å². The molecule has 0 spiro atoms. The molecule has 0 radical (unpaired) electrons. The van der Waals surface area contributed by atoms with Crippen molar-refractivity contribution >= 4 is 17.2 Å². The summed E-state index contributed by atoms with van der Waals surface area (Å²) in [6.45, 7) is 9.29. The Labute approximate surface area is 177 Å². The van der Waals surface area contributed by atoms with E-state index in [0.717, 1.165) is 0 Å². The molecule has 0 aliphatic rings. The normalized spacial score (nSPS) is 13.1. The molecule has 0 atom stereocenters. The Morgan fingerprint density at radius 3 is 1.00 bits per heavy atom. The summed E-state index contributed by atoms with van der Waals surface area (Å²) in [5.74, 6) is -1.96. The van der Waals surface area contributed by atoms with Gasteiger partial charge in [-0.25, -0.2) is 0 Å². The second kappa shape index (κ2) is 18.7. The number of rotatable bonds is 20. The molecule has 0 aromatic heterocycles. The van der Waals surface area contributed by atoms with Crippen molar-refractivity contribution in [3.8, 4) is 0 Å². The first kappa shape index (κ1) is 29.9. The first-order chi connectivity index (χ1) is 12.5. The van der Waals surface area contributed by atoms with Crippen LogP contribution < -0.4 is 0 Å². The fraction of sp³-hybridized carbons (Fsp3) is 1.00. The van der Waals surface area contributed by atoms with E-state index in [-0.39, 0.29) is 5.48 Å². The van der Waals surface area contributed by atoms with Crippen LogP contribution in [-0.4, -0.2) is 30.1 Å². The summed E-state index contributed by atoms with van der Waals surface area (Å²) in [6.07, 6.45) is 27.7. The summed E-state index contributed by atoms with van der Waals surface area (Å²) in [5.41, 5.74) is 0. The van der Waals surface area contributed by atoms with Crippen molar-refractivity contribution in [1.82, 2.24) is 0 Å². The maximum Gasteiger partial charge on any atom is -0.412 e. The van der Waals surface area contributed by atoms with Crippen molar-refractivity contribution in [2.75, 3.05) is 24.6 Å². The molecule has 0 fully saturated rings. The molecule has 0 saturated carbocycles. The van der Waals surface area contributed by atoms with Crippen LogP contribution in [0.1, 0.15) is 130 Å². The molecule has 0 aromatic carbocycles. The Bertz CT molecular complexity index is 284. The first-order valence-corrected chi connectivity index (χ1v) is 16.1. The van der Waals surface area contributed by atoms with Crippen molar-refractivity contribution in [2.45, 2.75) is 130 Å². The van der Waals surface area contributed by atoms with Gasteiger partial charge in [-0.3, -0.25) is 0 Å². The van der Waals surface area contributed by atoms with E-state index in [9.17, 15) is 0 Å². The molecule has 3 heteroatoms. The molecular weight excluding hydrogens is 371 g/mol. The predicted octanol–water partition coefficient (Wildman–Crippen LogP) is 9.19. The third-order valence-corrected chi connectivity index (χ3v) is 14.0. The third-order valence-electron chi connectivity index (χ3n) is 6.28. The van der Waals surface area contributed by atoms with Crippen LogP contribution in [0.2, 0.25) is 0 Å². The smallest absolute Gasteiger partial charge is 0.412 e. The topological polar surface area (TPSA) is 31.5 Å². The van der Waals surface area contributed by atoms with Crippen molar-refractivity contribution in [3.63, 3.8) is 0 Å². The zero-order chi connectivity index (χ0) is 19.6. The predicted molar refractivity (Wildman–Crippen MR) is 132 cm³/mol. The summed E-state index contributed by atoms with van der Waals surface area (Å²) in [4.78, 5) is 0. The zero-order valence-corrected chi connectivity index (χ0v) is 21.1. The van der Waals surface area contributed by atoms with Crippen LogP contribution in [0.15, 0.2) is 0 Å². The van der Waals surface area contributed by atoms with Crippen LogP contribution in [-0.2, 0) is 0 Å². The zero-order valence-electron chi connectivity index (χ0n) is 19.5. The van der Waals surface area contributed by atoms with Crippen LogP contribution in [0, 0.1) is 0 Å². The van der Waals surface area contributed by atoms with E-state index in [0.29, 0.717) is 0 Å². The average Bonchev–Trinajstić information content (AvgIpc) is 2.65. The molecule has 0 bridgehead atoms. The molecule has 168 valence electrons. The Morgan fingerprint density at radius 1 is 0.407 bits per heavy atom.